The zero-order valence-electron chi connectivity index (χ0n) is 10.5. The summed E-state index contributed by atoms with van der Waals surface area (Å²) >= 11 is 8.32. The molecular weight excluding hydrogens is 375 g/mol. The largest absolute Gasteiger partial charge is 0.349 e. The van der Waals surface area contributed by atoms with Crippen molar-refractivity contribution in [3.8, 4) is 0 Å². The van der Waals surface area contributed by atoms with Crippen molar-refractivity contribution >= 4 is 40.1 Å². The maximum atomic E-state index is 12.3. The molecule has 2 aliphatic heterocycles. The maximum absolute atomic E-state index is 12.3. The molecule has 2 N–H and O–H groups in total. The molecule has 102 valence electrons. The highest BCUT2D eigenvalue weighted by Gasteiger charge is 2.34. The van der Waals surface area contributed by atoms with Crippen molar-refractivity contribution in [2.45, 2.75) is 43.8 Å². The maximum Gasteiger partial charge on any atom is 0.253 e. The Morgan fingerprint density at radius 2 is 2.00 bits per heavy atom. The smallest absolute Gasteiger partial charge is 0.253 e. The normalized spacial score (nSPS) is 29.3. The molecule has 0 aromatic heterocycles. The molecule has 1 aromatic carbocycles. The topological polar surface area (TPSA) is 41.1 Å². The Morgan fingerprint density at radius 3 is 2.63 bits per heavy atom. The van der Waals surface area contributed by atoms with Crippen molar-refractivity contribution in [2.24, 2.45) is 0 Å². The van der Waals surface area contributed by atoms with E-state index < -0.39 is 0 Å². The van der Waals surface area contributed by atoms with E-state index in [1.807, 2.05) is 12.1 Å². The predicted octanol–water partition coefficient (Wildman–Crippen LogP) is 2.96. The standard InChI is InChI=1S/C14H16ClIN2O/c15-13-5-8(16)1-4-12(13)14(19)18-11-6-9-2-3-10(7-11)17-9/h1,4-5,9-11,17H,2-3,6-7H2,(H,18,19). The summed E-state index contributed by atoms with van der Waals surface area (Å²) in [6, 6.07) is 6.97. The van der Waals surface area contributed by atoms with E-state index in [9.17, 15) is 4.79 Å². The van der Waals surface area contributed by atoms with Crippen LogP contribution in [0.25, 0.3) is 0 Å². The van der Waals surface area contributed by atoms with Gasteiger partial charge in [-0.1, -0.05) is 11.6 Å². The minimum atomic E-state index is -0.0484. The van der Waals surface area contributed by atoms with Gasteiger partial charge in [0.15, 0.2) is 0 Å². The van der Waals surface area contributed by atoms with Crippen LogP contribution in [-0.2, 0) is 0 Å². The van der Waals surface area contributed by atoms with Gasteiger partial charge in [-0.15, -0.1) is 0 Å². The Hall–Kier alpha value is -0.330. The van der Waals surface area contributed by atoms with E-state index in [-0.39, 0.29) is 11.9 Å². The summed E-state index contributed by atoms with van der Waals surface area (Å²) in [7, 11) is 0. The quantitative estimate of drug-likeness (QED) is 0.762. The van der Waals surface area contributed by atoms with E-state index in [0.717, 1.165) is 16.4 Å². The summed E-state index contributed by atoms with van der Waals surface area (Å²) in [5, 5.41) is 7.23. The lowest BCUT2D eigenvalue weighted by Gasteiger charge is -2.29. The molecule has 0 radical (unpaired) electrons. The molecule has 1 aromatic rings. The minimum absolute atomic E-state index is 0.0484. The molecule has 2 unspecified atom stereocenters. The molecule has 0 spiro atoms. The molecule has 1 amide bonds. The summed E-state index contributed by atoms with van der Waals surface area (Å²) in [4.78, 5) is 12.3. The highest BCUT2D eigenvalue weighted by Crippen LogP contribution is 2.27. The molecule has 2 fully saturated rings. The lowest BCUT2D eigenvalue weighted by atomic mass is 9.99. The first-order valence-corrected chi connectivity index (χ1v) is 8.09. The third-order valence-electron chi connectivity index (χ3n) is 3.98. The molecule has 2 atom stereocenters. The third-order valence-corrected chi connectivity index (χ3v) is 4.97. The Labute approximate surface area is 131 Å². The van der Waals surface area contributed by atoms with Crippen molar-refractivity contribution in [3.05, 3.63) is 32.4 Å². The lowest BCUT2D eigenvalue weighted by molar-refractivity contribution is 0.0924. The van der Waals surface area contributed by atoms with E-state index in [2.05, 4.69) is 33.2 Å². The average molecular weight is 391 g/mol. The summed E-state index contributed by atoms with van der Waals surface area (Å²) < 4.78 is 1.04. The molecular formula is C14H16ClIN2O. The Balaban J connectivity index is 1.68. The van der Waals surface area contributed by atoms with Crippen LogP contribution in [0.5, 0.6) is 0 Å². The number of piperidine rings is 1. The zero-order valence-corrected chi connectivity index (χ0v) is 13.4. The fourth-order valence-electron chi connectivity index (χ4n) is 3.11. The second-order valence-electron chi connectivity index (χ2n) is 5.40. The van der Waals surface area contributed by atoms with Crippen LogP contribution in [-0.4, -0.2) is 24.0 Å². The van der Waals surface area contributed by atoms with Gasteiger partial charge in [-0.25, -0.2) is 0 Å². The fourth-order valence-corrected chi connectivity index (χ4v) is 4.05. The van der Waals surface area contributed by atoms with E-state index in [1.54, 1.807) is 6.07 Å². The van der Waals surface area contributed by atoms with Crippen molar-refractivity contribution in [1.82, 2.24) is 10.6 Å². The summed E-state index contributed by atoms with van der Waals surface area (Å²) in [5.41, 5.74) is 0.577. The number of halogens is 2. The molecule has 3 nitrogen and oxygen atoms in total. The Morgan fingerprint density at radius 1 is 1.32 bits per heavy atom. The van der Waals surface area contributed by atoms with Crippen LogP contribution in [0.1, 0.15) is 36.0 Å². The van der Waals surface area contributed by atoms with Gasteiger partial charge in [0.1, 0.15) is 0 Å². The summed E-state index contributed by atoms with van der Waals surface area (Å²) in [6.07, 6.45) is 4.54. The van der Waals surface area contributed by atoms with Crippen LogP contribution in [0, 0.1) is 3.57 Å². The number of carbonyl (C=O) groups excluding carboxylic acids is 1. The third kappa shape index (κ3) is 3.06. The second-order valence-corrected chi connectivity index (χ2v) is 7.06. The summed E-state index contributed by atoms with van der Waals surface area (Å²) in [5.74, 6) is -0.0484. The molecule has 2 saturated heterocycles. The molecule has 2 bridgehead atoms. The molecule has 5 heteroatoms. The van der Waals surface area contributed by atoms with Gasteiger partial charge >= 0.3 is 0 Å². The van der Waals surface area contributed by atoms with Crippen LogP contribution in [0.2, 0.25) is 5.02 Å². The number of benzene rings is 1. The molecule has 19 heavy (non-hydrogen) atoms. The highest BCUT2D eigenvalue weighted by atomic mass is 127. The van der Waals surface area contributed by atoms with Crippen LogP contribution < -0.4 is 10.6 Å². The second kappa shape index (κ2) is 5.58. The molecule has 0 aliphatic carbocycles. The van der Waals surface area contributed by atoms with Gasteiger partial charge in [0, 0.05) is 21.7 Å². The number of amides is 1. The number of carbonyl (C=O) groups is 1. The minimum Gasteiger partial charge on any atom is -0.349 e. The molecule has 0 saturated carbocycles. The van der Waals surface area contributed by atoms with E-state index >= 15 is 0 Å². The fraction of sp³-hybridized carbons (Fsp3) is 0.500. The first-order chi connectivity index (χ1) is 9.11. The van der Waals surface area contributed by atoms with Crippen molar-refractivity contribution in [2.75, 3.05) is 0 Å². The van der Waals surface area contributed by atoms with Crippen LogP contribution in [0.15, 0.2) is 18.2 Å². The lowest BCUT2D eigenvalue weighted by Crippen LogP contribution is -2.48. The molecule has 2 heterocycles. The SMILES string of the molecule is O=C(NC1CC2CCC(C1)N2)c1ccc(I)cc1Cl. The van der Waals surface area contributed by atoms with E-state index in [0.29, 0.717) is 22.7 Å². The van der Waals surface area contributed by atoms with Crippen molar-refractivity contribution in [1.29, 1.82) is 0 Å². The average Bonchev–Trinajstić information content (AvgIpc) is 2.68. The Bertz CT molecular complexity index is 496. The number of rotatable bonds is 2. The van der Waals surface area contributed by atoms with Gasteiger partial charge in [-0.2, -0.15) is 0 Å². The monoisotopic (exact) mass is 390 g/mol. The van der Waals surface area contributed by atoms with Gasteiger partial charge in [-0.05, 0) is 66.5 Å². The number of nitrogens with one attached hydrogen (secondary N) is 2. The van der Waals surface area contributed by atoms with E-state index in [1.165, 1.54) is 12.8 Å². The van der Waals surface area contributed by atoms with Gasteiger partial charge in [0.25, 0.3) is 5.91 Å². The molecule has 2 aliphatic rings. The van der Waals surface area contributed by atoms with Crippen molar-refractivity contribution in [3.63, 3.8) is 0 Å². The zero-order chi connectivity index (χ0) is 13.4. The first kappa shape index (κ1) is 13.6. The van der Waals surface area contributed by atoms with Crippen molar-refractivity contribution < 1.29 is 4.79 Å². The highest BCUT2D eigenvalue weighted by molar-refractivity contribution is 14.1. The first-order valence-electron chi connectivity index (χ1n) is 6.64. The number of hydrogen-bond donors (Lipinski definition) is 2. The van der Waals surface area contributed by atoms with Gasteiger partial charge in [0.2, 0.25) is 0 Å². The van der Waals surface area contributed by atoms with Gasteiger partial charge < -0.3 is 10.6 Å². The van der Waals surface area contributed by atoms with Gasteiger partial charge in [0.05, 0.1) is 10.6 Å². The predicted molar refractivity (Wildman–Crippen MR) is 84.6 cm³/mol. The molecule has 3 rings (SSSR count). The van der Waals surface area contributed by atoms with Crippen LogP contribution in [0.3, 0.4) is 0 Å². The number of hydrogen-bond acceptors (Lipinski definition) is 2. The number of fused-ring (bicyclic) bond motifs is 2. The van der Waals surface area contributed by atoms with Gasteiger partial charge in [-0.3, -0.25) is 4.79 Å². The van der Waals surface area contributed by atoms with Crippen LogP contribution >= 0.6 is 34.2 Å². The summed E-state index contributed by atoms with van der Waals surface area (Å²) in [6.45, 7) is 0. The van der Waals surface area contributed by atoms with E-state index in [4.69, 9.17) is 11.6 Å². The Kier molecular flexibility index (Phi) is 4.01. The van der Waals surface area contributed by atoms with Crippen LogP contribution in [0.4, 0.5) is 0 Å².